The highest BCUT2D eigenvalue weighted by molar-refractivity contribution is 5.95. The second kappa shape index (κ2) is 8.22. The molecule has 0 aliphatic carbocycles. The molecule has 1 aliphatic rings. The van der Waals surface area contributed by atoms with Crippen LogP contribution in [0.1, 0.15) is 10.5 Å². The van der Waals surface area contributed by atoms with Gasteiger partial charge in [0.2, 0.25) is 5.91 Å². The van der Waals surface area contributed by atoms with Crippen molar-refractivity contribution in [1.29, 1.82) is 0 Å². The van der Waals surface area contributed by atoms with E-state index in [4.69, 9.17) is 4.74 Å². The fourth-order valence-electron chi connectivity index (χ4n) is 3.41. The smallest absolute Gasteiger partial charge is 0.272 e. The van der Waals surface area contributed by atoms with Gasteiger partial charge >= 0.3 is 0 Å². The minimum absolute atomic E-state index is 0.0325. The third-order valence-electron chi connectivity index (χ3n) is 5.07. The van der Waals surface area contributed by atoms with Crippen LogP contribution in [0.2, 0.25) is 0 Å². The lowest BCUT2D eigenvalue weighted by molar-refractivity contribution is -0.130. The van der Waals surface area contributed by atoms with Crippen LogP contribution in [0.15, 0.2) is 54.7 Å². The summed E-state index contributed by atoms with van der Waals surface area (Å²) in [6.07, 6.45) is 1.78. The summed E-state index contributed by atoms with van der Waals surface area (Å²) >= 11 is 0. The fourth-order valence-corrected chi connectivity index (χ4v) is 3.41. The standard InChI is InChI=1S/C21H23N5O3/c1-29-18-7-5-16(6-8-18)24-10-12-25(13-11-24)20(27)15-22-21(28)19-14-17-4-2-3-9-26(17)23-19/h2-9,14H,10-13,15H2,1H3,(H,22,28). The molecule has 1 aliphatic heterocycles. The number of hydrogen-bond donors (Lipinski definition) is 1. The third-order valence-corrected chi connectivity index (χ3v) is 5.07. The van der Waals surface area contributed by atoms with Crippen LogP contribution in [0.4, 0.5) is 5.69 Å². The summed E-state index contributed by atoms with van der Waals surface area (Å²) in [5, 5.41) is 6.90. The van der Waals surface area contributed by atoms with Gasteiger partial charge in [-0.25, -0.2) is 4.52 Å². The van der Waals surface area contributed by atoms with E-state index < -0.39 is 0 Å². The van der Waals surface area contributed by atoms with Gasteiger partial charge < -0.3 is 19.9 Å². The molecule has 2 amide bonds. The molecule has 1 saturated heterocycles. The topological polar surface area (TPSA) is 79.2 Å². The maximum atomic E-state index is 12.5. The van der Waals surface area contributed by atoms with Crippen molar-refractivity contribution in [2.45, 2.75) is 0 Å². The van der Waals surface area contributed by atoms with Crippen LogP contribution >= 0.6 is 0 Å². The van der Waals surface area contributed by atoms with Crippen molar-refractivity contribution in [3.05, 3.63) is 60.4 Å². The number of rotatable bonds is 5. The van der Waals surface area contributed by atoms with Gasteiger partial charge in [0.05, 0.1) is 19.2 Å². The Hall–Kier alpha value is -3.55. The van der Waals surface area contributed by atoms with Crippen molar-refractivity contribution < 1.29 is 14.3 Å². The zero-order chi connectivity index (χ0) is 20.2. The molecule has 1 aromatic carbocycles. The number of nitrogens with one attached hydrogen (secondary N) is 1. The van der Waals surface area contributed by atoms with E-state index in [9.17, 15) is 9.59 Å². The molecule has 0 radical (unpaired) electrons. The van der Waals surface area contributed by atoms with E-state index in [2.05, 4.69) is 15.3 Å². The molecule has 0 unspecified atom stereocenters. The second-order valence-corrected chi connectivity index (χ2v) is 6.85. The third kappa shape index (κ3) is 4.16. The number of fused-ring (bicyclic) bond motifs is 1. The fraction of sp³-hybridized carbons (Fsp3) is 0.286. The average Bonchev–Trinajstić information content (AvgIpc) is 3.22. The Balaban J connectivity index is 1.27. The summed E-state index contributed by atoms with van der Waals surface area (Å²) in [7, 11) is 1.65. The number of piperazine rings is 1. The number of amides is 2. The summed E-state index contributed by atoms with van der Waals surface area (Å²) in [4.78, 5) is 28.8. The first kappa shape index (κ1) is 18.8. The lowest BCUT2D eigenvalue weighted by atomic mass is 10.2. The van der Waals surface area contributed by atoms with Gasteiger partial charge in [-0.1, -0.05) is 6.07 Å². The molecular formula is C21H23N5O3. The Morgan fingerprint density at radius 2 is 1.83 bits per heavy atom. The SMILES string of the molecule is COc1ccc(N2CCN(C(=O)CNC(=O)c3cc4ccccn4n3)CC2)cc1. The van der Waals surface area contributed by atoms with Crippen molar-refractivity contribution >= 4 is 23.0 Å². The number of carbonyl (C=O) groups excluding carboxylic acids is 2. The van der Waals surface area contributed by atoms with Crippen LogP contribution in [0, 0.1) is 0 Å². The van der Waals surface area contributed by atoms with Crippen LogP contribution in [0.25, 0.3) is 5.52 Å². The highest BCUT2D eigenvalue weighted by atomic mass is 16.5. The Morgan fingerprint density at radius 3 is 2.52 bits per heavy atom. The number of nitrogens with zero attached hydrogens (tertiary/aromatic N) is 4. The van der Waals surface area contributed by atoms with E-state index in [1.807, 2.05) is 42.5 Å². The minimum Gasteiger partial charge on any atom is -0.497 e. The molecule has 150 valence electrons. The van der Waals surface area contributed by atoms with Crippen molar-refractivity contribution in [3.63, 3.8) is 0 Å². The van der Waals surface area contributed by atoms with Gasteiger partial charge in [0.1, 0.15) is 5.75 Å². The molecule has 0 spiro atoms. The van der Waals surface area contributed by atoms with Gasteiger partial charge in [-0.15, -0.1) is 0 Å². The zero-order valence-electron chi connectivity index (χ0n) is 16.2. The zero-order valence-corrected chi connectivity index (χ0v) is 16.2. The van der Waals surface area contributed by atoms with Crippen molar-refractivity contribution in [2.24, 2.45) is 0 Å². The molecule has 1 N–H and O–H groups in total. The quantitative estimate of drug-likeness (QED) is 0.709. The van der Waals surface area contributed by atoms with Crippen molar-refractivity contribution in [3.8, 4) is 5.75 Å². The number of hydrogen-bond acceptors (Lipinski definition) is 5. The molecule has 8 heteroatoms. The summed E-state index contributed by atoms with van der Waals surface area (Å²) in [6, 6.07) is 15.2. The summed E-state index contributed by atoms with van der Waals surface area (Å²) in [6.45, 7) is 2.70. The van der Waals surface area contributed by atoms with Crippen LogP contribution in [-0.2, 0) is 4.79 Å². The number of anilines is 1. The lowest BCUT2D eigenvalue weighted by Crippen LogP contribution is -2.51. The number of benzene rings is 1. The maximum absolute atomic E-state index is 12.5. The minimum atomic E-state index is -0.348. The van der Waals surface area contributed by atoms with E-state index in [-0.39, 0.29) is 18.4 Å². The van der Waals surface area contributed by atoms with E-state index >= 15 is 0 Å². The predicted octanol–water partition coefficient (Wildman–Crippen LogP) is 1.42. The van der Waals surface area contributed by atoms with Crippen molar-refractivity contribution in [2.75, 3.05) is 44.7 Å². The van der Waals surface area contributed by atoms with E-state index in [0.29, 0.717) is 18.8 Å². The number of carbonyl (C=O) groups is 2. The first-order chi connectivity index (χ1) is 14.1. The summed E-state index contributed by atoms with van der Waals surface area (Å²) in [5.74, 6) is 0.388. The van der Waals surface area contributed by atoms with Gasteiger partial charge in [0.15, 0.2) is 5.69 Å². The van der Waals surface area contributed by atoms with Crippen LogP contribution < -0.4 is 15.0 Å². The Bertz CT molecular complexity index is 974. The van der Waals surface area contributed by atoms with Gasteiger partial charge in [0, 0.05) is 38.1 Å². The molecule has 0 atom stereocenters. The van der Waals surface area contributed by atoms with Gasteiger partial charge in [-0.05, 0) is 42.5 Å². The number of aromatic nitrogens is 2. The molecule has 29 heavy (non-hydrogen) atoms. The summed E-state index contributed by atoms with van der Waals surface area (Å²) in [5.41, 5.74) is 2.24. The van der Waals surface area contributed by atoms with Crippen LogP contribution in [-0.4, -0.2) is 66.2 Å². The molecule has 2 aromatic heterocycles. The lowest BCUT2D eigenvalue weighted by Gasteiger charge is -2.36. The van der Waals surface area contributed by atoms with E-state index in [0.717, 1.165) is 30.0 Å². The normalized spacial score (nSPS) is 14.1. The number of ether oxygens (including phenoxy) is 1. The molecular weight excluding hydrogens is 370 g/mol. The Kier molecular flexibility index (Phi) is 5.33. The molecule has 8 nitrogen and oxygen atoms in total. The highest BCUT2D eigenvalue weighted by Crippen LogP contribution is 2.20. The Morgan fingerprint density at radius 1 is 1.07 bits per heavy atom. The first-order valence-electron chi connectivity index (χ1n) is 9.53. The van der Waals surface area contributed by atoms with Crippen molar-refractivity contribution in [1.82, 2.24) is 19.8 Å². The second-order valence-electron chi connectivity index (χ2n) is 6.85. The van der Waals surface area contributed by atoms with Crippen LogP contribution in [0.5, 0.6) is 5.75 Å². The van der Waals surface area contributed by atoms with E-state index in [1.54, 1.807) is 28.8 Å². The van der Waals surface area contributed by atoms with Gasteiger partial charge in [-0.3, -0.25) is 9.59 Å². The molecule has 0 bridgehead atoms. The van der Waals surface area contributed by atoms with Gasteiger partial charge in [0.25, 0.3) is 5.91 Å². The number of pyridine rings is 1. The monoisotopic (exact) mass is 393 g/mol. The molecule has 3 heterocycles. The van der Waals surface area contributed by atoms with Crippen LogP contribution in [0.3, 0.4) is 0 Å². The Labute approximate surface area is 168 Å². The number of methoxy groups -OCH3 is 1. The highest BCUT2D eigenvalue weighted by Gasteiger charge is 2.22. The van der Waals surface area contributed by atoms with Gasteiger partial charge in [-0.2, -0.15) is 5.10 Å². The maximum Gasteiger partial charge on any atom is 0.272 e. The summed E-state index contributed by atoms with van der Waals surface area (Å²) < 4.78 is 6.82. The predicted molar refractivity (Wildman–Crippen MR) is 109 cm³/mol. The van der Waals surface area contributed by atoms with E-state index in [1.165, 1.54) is 0 Å². The molecule has 1 fully saturated rings. The molecule has 4 rings (SSSR count). The first-order valence-corrected chi connectivity index (χ1v) is 9.53. The largest absolute Gasteiger partial charge is 0.497 e. The molecule has 0 saturated carbocycles. The average molecular weight is 393 g/mol. The molecule has 3 aromatic rings.